The molecule has 0 radical (unpaired) electrons. The fourth-order valence-electron chi connectivity index (χ4n) is 5.95. The largest absolute Gasteiger partial charge is 0.246 e. The zero-order valence-electron chi connectivity index (χ0n) is 22.8. The van der Waals surface area contributed by atoms with E-state index in [2.05, 4.69) is 127 Å². The first-order chi connectivity index (χ1) is 20.8. The van der Waals surface area contributed by atoms with E-state index in [1.807, 2.05) is 24.3 Å². The lowest BCUT2D eigenvalue weighted by molar-refractivity contribution is 1.23. The fraction of sp³-hybridized carbons (Fsp3) is 0. The summed E-state index contributed by atoms with van der Waals surface area (Å²) in [5.41, 5.74) is 9.08. The Morgan fingerprint density at radius 3 is 1.55 bits per heavy atom. The first-order valence-electron chi connectivity index (χ1n) is 14.1. The van der Waals surface area contributed by atoms with Crippen molar-refractivity contribution in [2.24, 2.45) is 0 Å². The summed E-state index contributed by atoms with van der Waals surface area (Å²) in [4.78, 5) is 15.7. The summed E-state index contributed by atoms with van der Waals surface area (Å²) in [7, 11) is 0. The van der Waals surface area contributed by atoms with Crippen molar-refractivity contribution in [2.45, 2.75) is 0 Å². The third kappa shape index (κ3) is 4.03. The molecule has 0 N–H and O–H groups in total. The maximum atomic E-state index is 5.39. The van der Waals surface area contributed by atoms with Crippen molar-refractivity contribution >= 4 is 32.6 Å². The van der Waals surface area contributed by atoms with Crippen LogP contribution in [0.15, 0.2) is 152 Å². The van der Waals surface area contributed by atoms with Gasteiger partial charge >= 0.3 is 0 Å². The standard InChI is InChI=1S/C39H25N3/c1-4-14-26(15-5-1)29-21-12-22-31-35(29)32-23-13-24-33(38(32)41-37(31)28-18-8-3-9-19-28)39-40-34-25-11-10-20-30(34)36(42-39)27-16-6-2-7-17-27/h1-25H. The molecule has 2 aromatic heterocycles. The van der Waals surface area contributed by atoms with E-state index in [-0.39, 0.29) is 0 Å². The van der Waals surface area contributed by atoms with Crippen molar-refractivity contribution in [1.82, 2.24) is 15.0 Å². The summed E-state index contributed by atoms with van der Waals surface area (Å²) >= 11 is 0. The minimum absolute atomic E-state index is 0.668. The lowest BCUT2D eigenvalue weighted by Gasteiger charge is -2.16. The molecule has 3 nitrogen and oxygen atoms in total. The van der Waals surface area contributed by atoms with Crippen LogP contribution < -0.4 is 0 Å². The Kier molecular flexibility index (Phi) is 5.79. The highest BCUT2D eigenvalue weighted by Gasteiger charge is 2.19. The molecular weight excluding hydrogens is 510 g/mol. The van der Waals surface area contributed by atoms with E-state index in [1.165, 1.54) is 16.5 Å². The second-order valence-corrected chi connectivity index (χ2v) is 10.4. The monoisotopic (exact) mass is 535 g/mol. The molecule has 2 heterocycles. The third-order valence-corrected chi connectivity index (χ3v) is 7.87. The van der Waals surface area contributed by atoms with Gasteiger partial charge in [-0.3, -0.25) is 0 Å². The van der Waals surface area contributed by atoms with Gasteiger partial charge in [0.1, 0.15) is 0 Å². The summed E-state index contributed by atoms with van der Waals surface area (Å²) in [6, 6.07) is 52.5. The Bertz CT molecular complexity index is 2230. The van der Waals surface area contributed by atoms with E-state index in [9.17, 15) is 0 Å². The van der Waals surface area contributed by atoms with E-state index in [4.69, 9.17) is 15.0 Å². The average molecular weight is 536 g/mol. The second-order valence-electron chi connectivity index (χ2n) is 10.4. The number of benzene rings is 6. The van der Waals surface area contributed by atoms with Gasteiger partial charge in [0.2, 0.25) is 0 Å². The smallest absolute Gasteiger partial charge is 0.162 e. The molecule has 0 bridgehead atoms. The van der Waals surface area contributed by atoms with Gasteiger partial charge in [-0.15, -0.1) is 0 Å². The number of aromatic nitrogens is 3. The highest BCUT2D eigenvalue weighted by molar-refractivity contribution is 6.19. The molecule has 0 aliphatic rings. The number of rotatable bonds is 4. The molecule has 0 saturated carbocycles. The van der Waals surface area contributed by atoms with Crippen molar-refractivity contribution in [3.63, 3.8) is 0 Å². The van der Waals surface area contributed by atoms with E-state index in [1.54, 1.807) is 0 Å². The maximum Gasteiger partial charge on any atom is 0.162 e. The Morgan fingerprint density at radius 2 is 0.857 bits per heavy atom. The molecule has 42 heavy (non-hydrogen) atoms. The van der Waals surface area contributed by atoms with Crippen LogP contribution in [0, 0.1) is 0 Å². The predicted molar refractivity (Wildman–Crippen MR) is 174 cm³/mol. The third-order valence-electron chi connectivity index (χ3n) is 7.87. The fourth-order valence-corrected chi connectivity index (χ4v) is 5.95. The molecule has 3 heteroatoms. The number of fused-ring (bicyclic) bond motifs is 4. The molecule has 0 unspecified atom stereocenters. The summed E-state index contributed by atoms with van der Waals surface area (Å²) < 4.78 is 0. The van der Waals surface area contributed by atoms with Gasteiger partial charge in [0.05, 0.1) is 22.4 Å². The summed E-state index contributed by atoms with van der Waals surface area (Å²) in [5.74, 6) is 0.668. The lowest BCUT2D eigenvalue weighted by Crippen LogP contribution is -1.98. The number of hydrogen-bond donors (Lipinski definition) is 0. The highest BCUT2D eigenvalue weighted by atomic mass is 14.9. The van der Waals surface area contributed by atoms with E-state index in [0.717, 1.165) is 55.3 Å². The van der Waals surface area contributed by atoms with Crippen LogP contribution in [0.2, 0.25) is 0 Å². The van der Waals surface area contributed by atoms with Gasteiger partial charge < -0.3 is 0 Å². The second kappa shape index (κ2) is 10.1. The number of pyridine rings is 1. The van der Waals surface area contributed by atoms with Crippen molar-refractivity contribution in [1.29, 1.82) is 0 Å². The van der Waals surface area contributed by atoms with Crippen LogP contribution in [0.25, 0.3) is 77.6 Å². The molecule has 196 valence electrons. The molecule has 0 aliphatic heterocycles. The first kappa shape index (κ1) is 24.2. The Balaban J connectivity index is 1.49. The Morgan fingerprint density at radius 1 is 0.333 bits per heavy atom. The maximum absolute atomic E-state index is 5.39. The van der Waals surface area contributed by atoms with Crippen LogP contribution >= 0.6 is 0 Å². The molecule has 0 atom stereocenters. The van der Waals surface area contributed by atoms with Crippen LogP contribution in [-0.2, 0) is 0 Å². The molecule has 0 spiro atoms. The van der Waals surface area contributed by atoms with Gasteiger partial charge in [0, 0.05) is 38.2 Å². The van der Waals surface area contributed by atoms with E-state index in [0.29, 0.717) is 5.82 Å². The molecule has 0 fully saturated rings. The quantitative estimate of drug-likeness (QED) is 0.211. The Hall–Kier alpha value is -5.67. The number of nitrogens with zero attached hydrogens (tertiary/aromatic N) is 3. The normalized spacial score (nSPS) is 11.3. The topological polar surface area (TPSA) is 38.7 Å². The van der Waals surface area contributed by atoms with Crippen molar-refractivity contribution in [2.75, 3.05) is 0 Å². The summed E-state index contributed by atoms with van der Waals surface area (Å²) in [6.45, 7) is 0. The van der Waals surface area contributed by atoms with E-state index >= 15 is 0 Å². The molecule has 8 aromatic rings. The van der Waals surface area contributed by atoms with Crippen LogP contribution in [0.3, 0.4) is 0 Å². The van der Waals surface area contributed by atoms with E-state index < -0.39 is 0 Å². The van der Waals surface area contributed by atoms with Crippen molar-refractivity contribution in [3.8, 4) is 45.0 Å². The SMILES string of the molecule is c1ccc(-c2nc(-c3cccc4c3nc(-c3ccccc3)c3cccc(-c5ccccc5)c34)nc3ccccc23)cc1. The van der Waals surface area contributed by atoms with Gasteiger partial charge in [-0.05, 0) is 23.3 Å². The van der Waals surface area contributed by atoms with Gasteiger partial charge in [0.25, 0.3) is 0 Å². The molecule has 6 aromatic carbocycles. The van der Waals surface area contributed by atoms with Gasteiger partial charge in [-0.25, -0.2) is 15.0 Å². The molecule has 8 rings (SSSR count). The first-order valence-corrected chi connectivity index (χ1v) is 14.1. The molecule has 0 amide bonds. The van der Waals surface area contributed by atoms with Gasteiger partial charge in [-0.1, -0.05) is 140 Å². The molecular formula is C39H25N3. The minimum Gasteiger partial charge on any atom is -0.246 e. The summed E-state index contributed by atoms with van der Waals surface area (Å²) in [6.07, 6.45) is 0. The number of para-hydroxylation sites is 2. The molecule has 0 aliphatic carbocycles. The van der Waals surface area contributed by atoms with Crippen LogP contribution in [0.1, 0.15) is 0 Å². The minimum atomic E-state index is 0.668. The van der Waals surface area contributed by atoms with Crippen molar-refractivity contribution in [3.05, 3.63) is 152 Å². The highest BCUT2D eigenvalue weighted by Crippen LogP contribution is 2.41. The number of hydrogen-bond acceptors (Lipinski definition) is 3. The van der Waals surface area contributed by atoms with Gasteiger partial charge in [0.15, 0.2) is 5.82 Å². The average Bonchev–Trinajstić information content (AvgIpc) is 3.08. The van der Waals surface area contributed by atoms with Crippen LogP contribution in [0.4, 0.5) is 0 Å². The van der Waals surface area contributed by atoms with Crippen LogP contribution in [0.5, 0.6) is 0 Å². The molecule has 0 saturated heterocycles. The van der Waals surface area contributed by atoms with Crippen molar-refractivity contribution < 1.29 is 0 Å². The zero-order valence-corrected chi connectivity index (χ0v) is 22.8. The predicted octanol–water partition coefficient (Wildman–Crippen LogP) is 10.00. The van der Waals surface area contributed by atoms with Crippen LogP contribution in [-0.4, -0.2) is 15.0 Å². The summed E-state index contributed by atoms with van der Waals surface area (Å²) in [5, 5.41) is 4.41. The zero-order chi connectivity index (χ0) is 27.9. The Labute approximate surface area is 243 Å². The lowest BCUT2D eigenvalue weighted by atomic mass is 9.92. The van der Waals surface area contributed by atoms with Gasteiger partial charge in [-0.2, -0.15) is 0 Å².